The molecule has 11 heavy (non-hydrogen) atoms. The number of aliphatic hydroxyl groups is 1. The number of hydrogen-bond donors (Lipinski definition) is 1. The molecule has 1 saturated heterocycles. The third kappa shape index (κ3) is 3.73. The van der Waals surface area contributed by atoms with E-state index in [0.29, 0.717) is 6.10 Å². The summed E-state index contributed by atoms with van der Waals surface area (Å²) in [5.41, 5.74) is 0. The van der Waals surface area contributed by atoms with Crippen LogP contribution in [0.15, 0.2) is 0 Å². The lowest BCUT2D eigenvalue weighted by atomic mass is 10.0. The standard InChI is InChI=1S/C9H18O2/c1-8(10)5-6-9-4-2-3-7-11-9/h8-10H,2-7H2,1H3/t8-,9?/m0/s1. The molecule has 66 valence electrons. The molecule has 2 heteroatoms. The van der Waals surface area contributed by atoms with E-state index >= 15 is 0 Å². The monoisotopic (exact) mass is 158 g/mol. The van der Waals surface area contributed by atoms with Crippen molar-refractivity contribution in [1.29, 1.82) is 0 Å². The Morgan fingerprint density at radius 2 is 2.36 bits per heavy atom. The molecular formula is C9H18O2. The van der Waals surface area contributed by atoms with Crippen LogP contribution in [-0.4, -0.2) is 23.9 Å². The van der Waals surface area contributed by atoms with Gasteiger partial charge in [0, 0.05) is 6.61 Å². The van der Waals surface area contributed by atoms with E-state index in [2.05, 4.69) is 0 Å². The van der Waals surface area contributed by atoms with Crippen molar-refractivity contribution in [3.63, 3.8) is 0 Å². The van der Waals surface area contributed by atoms with E-state index in [1.54, 1.807) is 0 Å². The zero-order chi connectivity index (χ0) is 8.10. The second kappa shape index (κ2) is 4.73. The average molecular weight is 158 g/mol. The summed E-state index contributed by atoms with van der Waals surface area (Å²) in [5.74, 6) is 0. The van der Waals surface area contributed by atoms with Crippen molar-refractivity contribution in [1.82, 2.24) is 0 Å². The minimum atomic E-state index is -0.166. The van der Waals surface area contributed by atoms with Gasteiger partial charge in [-0.2, -0.15) is 0 Å². The van der Waals surface area contributed by atoms with E-state index in [9.17, 15) is 0 Å². The van der Waals surface area contributed by atoms with Gasteiger partial charge in [0.2, 0.25) is 0 Å². The number of aliphatic hydroxyl groups excluding tert-OH is 1. The van der Waals surface area contributed by atoms with Crippen LogP contribution in [0.4, 0.5) is 0 Å². The van der Waals surface area contributed by atoms with Gasteiger partial charge >= 0.3 is 0 Å². The maximum absolute atomic E-state index is 9.03. The predicted molar refractivity (Wildman–Crippen MR) is 44.5 cm³/mol. The van der Waals surface area contributed by atoms with Crippen LogP contribution < -0.4 is 0 Å². The number of hydrogen-bond acceptors (Lipinski definition) is 2. The summed E-state index contributed by atoms with van der Waals surface area (Å²) in [6, 6.07) is 0. The van der Waals surface area contributed by atoms with Gasteiger partial charge in [-0.3, -0.25) is 0 Å². The summed E-state index contributed by atoms with van der Waals surface area (Å²) < 4.78 is 5.52. The van der Waals surface area contributed by atoms with Gasteiger partial charge in [0.25, 0.3) is 0 Å². The summed E-state index contributed by atoms with van der Waals surface area (Å²) in [5, 5.41) is 9.03. The van der Waals surface area contributed by atoms with Crippen molar-refractivity contribution in [3.8, 4) is 0 Å². The molecule has 2 atom stereocenters. The van der Waals surface area contributed by atoms with Crippen molar-refractivity contribution < 1.29 is 9.84 Å². The number of ether oxygens (including phenoxy) is 1. The van der Waals surface area contributed by atoms with Crippen molar-refractivity contribution >= 4 is 0 Å². The lowest BCUT2D eigenvalue weighted by molar-refractivity contribution is 0.00345. The topological polar surface area (TPSA) is 29.5 Å². The quantitative estimate of drug-likeness (QED) is 0.677. The SMILES string of the molecule is C[C@H](O)CCC1CCCCO1. The van der Waals surface area contributed by atoms with Gasteiger partial charge in [0.05, 0.1) is 12.2 Å². The second-order valence-electron chi connectivity index (χ2n) is 3.41. The Balaban J connectivity index is 2.05. The van der Waals surface area contributed by atoms with Crippen LogP contribution in [0.5, 0.6) is 0 Å². The molecule has 1 unspecified atom stereocenters. The summed E-state index contributed by atoms with van der Waals surface area (Å²) in [4.78, 5) is 0. The molecule has 0 aliphatic carbocycles. The van der Waals surface area contributed by atoms with Gasteiger partial charge < -0.3 is 9.84 Å². The van der Waals surface area contributed by atoms with E-state index in [-0.39, 0.29) is 6.10 Å². The van der Waals surface area contributed by atoms with E-state index in [4.69, 9.17) is 9.84 Å². The molecule has 1 aliphatic heterocycles. The first-order chi connectivity index (χ1) is 5.29. The highest BCUT2D eigenvalue weighted by Crippen LogP contribution is 2.17. The summed E-state index contributed by atoms with van der Waals surface area (Å²) in [6.45, 7) is 2.76. The first-order valence-corrected chi connectivity index (χ1v) is 4.58. The van der Waals surface area contributed by atoms with E-state index in [1.165, 1.54) is 19.3 Å². The molecule has 0 aromatic rings. The Bertz CT molecular complexity index is 95.7. The van der Waals surface area contributed by atoms with Crippen molar-refractivity contribution in [2.45, 2.75) is 51.2 Å². The number of rotatable bonds is 3. The molecule has 1 heterocycles. The Hall–Kier alpha value is -0.0800. The fraction of sp³-hybridized carbons (Fsp3) is 1.00. The van der Waals surface area contributed by atoms with Gasteiger partial charge in [0.1, 0.15) is 0 Å². The molecule has 1 fully saturated rings. The average Bonchev–Trinajstić information content (AvgIpc) is 2.03. The maximum atomic E-state index is 9.03. The molecule has 2 nitrogen and oxygen atoms in total. The third-order valence-corrected chi connectivity index (χ3v) is 2.18. The van der Waals surface area contributed by atoms with Gasteiger partial charge in [-0.25, -0.2) is 0 Å². The summed E-state index contributed by atoms with van der Waals surface area (Å²) in [7, 11) is 0. The molecule has 0 spiro atoms. The first kappa shape index (κ1) is 9.01. The fourth-order valence-electron chi connectivity index (χ4n) is 1.46. The molecular weight excluding hydrogens is 140 g/mol. The smallest absolute Gasteiger partial charge is 0.0576 e. The second-order valence-corrected chi connectivity index (χ2v) is 3.41. The fourth-order valence-corrected chi connectivity index (χ4v) is 1.46. The first-order valence-electron chi connectivity index (χ1n) is 4.58. The lowest BCUT2D eigenvalue weighted by Crippen LogP contribution is -2.20. The molecule has 0 bridgehead atoms. The van der Waals surface area contributed by atoms with Crippen LogP contribution in [0.1, 0.15) is 39.0 Å². The molecule has 0 radical (unpaired) electrons. The van der Waals surface area contributed by atoms with E-state index < -0.39 is 0 Å². The zero-order valence-corrected chi connectivity index (χ0v) is 7.25. The zero-order valence-electron chi connectivity index (χ0n) is 7.25. The summed E-state index contributed by atoms with van der Waals surface area (Å²) in [6.07, 6.45) is 5.86. The normalized spacial score (nSPS) is 28.4. The van der Waals surface area contributed by atoms with Crippen LogP contribution in [0.2, 0.25) is 0 Å². The van der Waals surface area contributed by atoms with Crippen molar-refractivity contribution in [2.75, 3.05) is 6.61 Å². The third-order valence-electron chi connectivity index (χ3n) is 2.18. The van der Waals surface area contributed by atoms with Gasteiger partial charge in [-0.1, -0.05) is 0 Å². The van der Waals surface area contributed by atoms with Crippen LogP contribution >= 0.6 is 0 Å². The van der Waals surface area contributed by atoms with Crippen molar-refractivity contribution in [2.24, 2.45) is 0 Å². The highest BCUT2D eigenvalue weighted by molar-refractivity contribution is 4.64. The van der Waals surface area contributed by atoms with Crippen LogP contribution in [0.3, 0.4) is 0 Å². The van der Waals surface area contributed by atoms with Gasteiger partial charge in [-0.05, 0) is 39.0 Å². The highest BCUT2D eigenvalue weighted by atomic mass is 16.5. The molecule has 0 amide bonds. The largest absolute Gasteiger partial charge is 0.393 e. The highest BCUT2D eigenvalue weighted by Gasteiger charge is 2.13. The van der Waals surface area contributed by atoms with E-state index in [0.717, 1.165) is 19.4 Å². The Kier molecular flexibility index (Phi) is 3.87. The Labute approximate surface area is 68.6 Å². The van der Waals surface area contributed by atoms with E-state index in [1.807, 2.05) is 6.92 Å². The Morgan fingerprint density at radius 3 is 2.91 bits per heavy atom. The van der Waals surface area contributed by atoms with Crippen molar-refractivity contribution in [3.05, 3.63) is 0 Å². The molecule has 0 aromatic carbocycles. The van der Waals surface area contributed by atoms with Gasteiger partial charge in [0.15, 0.2) is 0 Å². The van der Waals surface area contributed by atoms with Crippen LogP contribution in [0, 0.1) is 0 Å². The predicted octanol–water partition coefficient (Wildman–Crippen LogP) is 1.72. The Morgan fingerprint density at radius 1 is 1.55 bits per heavy atom. The molecule has 1 rings (SSSR count). The minimum Gasteiger partial charge on any atom is -0.393 e. The van der Waals surface area contributed by atoms with Crippen LogP contribution in [0.25, 0.3) is 0 Å². The minimum absolute atomic E-state index is 0.166. The molecule has 1 aliphatic rings. The summed E-state index contributed by atoms with van der Waals surface area (Å²) >= 11 is 0. The maximum Gasteiger partial charge on any atom is 0.0576 e. The molecule has 0 aromatic heterocycles. The van der Waals surface area contributed by atoms with Crippen LogP contribution in [-0.2, 0) is 4.74 Å². The van der Waals surface area contributed by atoms with Gasteiger partial charge in [-0.15, -0.1) is 0 Å². The molecule has 1 N–H and O–H groups in total. The lowest BCUT2D eigenvalue weighted by Gasteiger charge is -2.22. The molecule has 0 saturated carbocycles.